The maximum atomic E-state index is 11.7. The van der Waals surface area contributed by atoms with Crippen LogP contribution in [-0.2, 0) is 4.74 Å². The van der Waals surface area contributed by atoms with Crippen molar-refractivity contribution in [3.8, 4) is 5.88 Å². The van der Waals surface area contributed by atoms with Crippen LogP contribution in [-0.4, -0.2) is 46.8 Å². The molecule has 0 aliphatic carbocycles. The number of amides is 1. The minimum Gasteiger partial charge on any atom is -0.472 e. The van der Waals surface area contributed by atoms with Crippen LogP contribution in [0, 0.1) is 6.92 Å². The van der Waals surface area contributed by atoms with E-state index in [4.69, 9.17) is 9.47 Å². The van der Waals surface area contributed by atoms with Crippen LogP contribution in [0.1, 0.15) is 25.6 Å². The van der Waals surface area contributed by atoms with Crippen molar-refractivity contribution < 1.29 is 14.3 Å². The summed E-state index contributed by atoms with van der Waals surface area (Å²) >= 11 is 0. The molecular formula is C13H19N3O3. The molecule has 0 saturated carbocycles. The van der Waals surface area contributed by atoms with Gasteiger partial charge in [-0.05, 0) is 26.7 Å². The van der Waals surface area contributed by atoms with E-state index in [1.165, 1.54) is 0 Å². The van der Waals surface area contributed by atoms with Crippen molar-refractivity contribution in [2.24, 2.45) is 0 Å². The Hall–Kier alpha value is -1.85. The topological polar surface area (TPSA) is 64.5 Å². The van der Waals surface area contributed by atoms with Crippen LogP contribution >= 0.6 is 0 Å². The van der Waals surface area contributed by atoms with Crippen molar-refractivity contribution in [2.75, 3.05) is 19.7 Å². The van der Waals surface area contributed by atoms with Crippen LogP contribution in [0.15, 0.2) is 12.3 Å². The fourth-order valence-corrected chi connectivity index (χ4v) is 2.09. The average molecular weight is 265 g/mol. The number of carbonyl (C=O) groups excluding carboxylic acids is 1. The molecule has 6 nitrogen and oxygen atoms in total. The van der Waals surface area contributed by atoms with E-state index in [-0.39, 0.29) is 12.2 Å². The number of rotatable bonds is 3. The van der Waals surface area contributed by atoms with Gasteiger partial charge in [-0.25, -0.2) is 9.78 Å². The zero-order valence-corrected chi connectivity index (χ0v) is 11.3. The first kappa shape index (κ1) is 13.6. The summed E-state index contributed by atoms with van der Waals surface area (Å²) in [4.78, 5) is 21.6. The molecule has 0 bridgehead atoms. The largest absolute Gasteiger partial charge is 0.472 e. The monoisotopic (exact) mass is 265 g/mol. The maximum absolute atomic E-state index is 11.7. The van der Waals surface area contributed by atoms with Gasteiger partial charge in [-0.15, -0.1) is 0 Å². The Balaban J connectivity index is 1.92. The second-order valence-corrected chi connectivity index (χ2v) is 4.47. The van der Waals surface area contributed by atoms with Gasteiger partial charge in [0.05, 0.1) is 13.2 Å². The van der Waals surface area contributed by atoms with Gasteiger partial charge in [-0.3, -0.25) is 0 Å². The number of aryl methyl sites for hydroxylation is 1. The normalized spacial score (nSPS) is 19.1. The van der Waals surface area contributed by atoms with Crippen LogP contribution in [0.2, 0.25) is 0 Å². The molecule has 1 aliphatic rings. The Morgan fingerprint density at radius 3 is 3.16 bits per heavy atom. The van der Waals surface area contributed by atoms with E-state index < -0.39 is 0 Å². The zero-order chi connectivity index (χ0) is 13.7. The average Bonchev–Trinajstić information content (AvgIpc) is 2.39. The Labute approximate surface area is 112 Å². The van der Waals surface area contributed by atoms with Crippen molar-refractivity contribution in [3.63, 3.8) is 0 Å². The second kappa shape index (κ2) is 6.36. The van der Waals surface area contributed by atoms with Crippen LogP contribution < -0.4 is 4.74 Å². The number of carbonyl (C=O) groups is 1. The molecule has 1 amide bonds. The molecule has 19 heavy (non-hydrogen) atoms. The zero-order valence-electron chi connectivity index (χ0n) is 11.3. The fraction of sp³-hybridized carbons (Fsp3) is 0.615. The van der Waals surface area contributed by atoms with Crippen LogP contribution in [0.25, 0.3) is 0 Å². The van der Waals surface area contributed by atoms with Gasteiger partial charge >= 0.3 is 6.09 Å². The quantitative estimate of drug-likeness (QED) is 0.833. The van der Waals surface area contributed by atoms with Gasteiger partial charge in [0.2, 0.25) is 5.88 Å². The molecule has 2 heterocycles. The lowest BCUT2D eigenvalue weighted by Gasteiger charge is -2.31. The Morgan fingerprint density at radius 1 is 1.58 bits per heavy atom. The van der Waals surface area contributed by atoms with E-state index in [2.05, 4.69) is 9.97 Å². The number of nitrogens with zero attached hydrogens (tertiary/aromatic N) is 3. The van der Waals surface area contributed by atoms with E-state index in [0.29, 0.717) is 24.9 Å². The lowest BCUT2D eigenvalue weighted by atomic mass is 10.1. The number of ether oxygens (including phenoxy) is 2. The Morgan fingerprint density at radius 2 is 2.42 bits per heavy atom. The molecule has 0 radical (unpaired) electrons. The number of piperidine rings is 1. The van der Waals surface area contributed by atoms with E-state index >= 15 is 0 Å². The summed E-state index contributed by atoms with van der Waals surface area (Å²) in [6.45, 7) is 5.29. The second-order valence-electron chi connectivity index (χ2n) is 4.47. The Bertz CT molecular complexity index is 439. The molecule has 6 heteroatoms. The highest BCUT2D eigenvalue weighted by Gasteiger charge is 2.25. The molecule has 0 aromatic carbocycles. The summed E-state index contributed by atoms with van der Waals surface area (Å²) in [6, 6.07) is 1.73. The van der Waals surface area contributed by atoms with E-state index in [1.54, 1.807) is 24.1 Å². The van der Waals surface area contributed by atoms with Gasteiger partial charge in [0.15, 0.2) is 0 Å². The summed E-state index contributed by atoms with van der Waals surface area (Å²) in [7, 11) is 0. The molecule has 2 rings (SSSR count). The fourth-order valence-electron chi connectivity index (χ4n) is 2.09. The number of hydrogen-bond acceptors (Lipinski definition) is 5. The molecular weight excluding hydrogens is 246 g/mol. The summed E-state index contributed by atoms with van der Waals surface area (Å²) in [5.41, 5.74) is 0. The van der Waals surface area contributed by atoms with Crippen molar-refractivity contribution in [2.45, 2.75) is 32.8 Å². The SMILES string of the molecule is CCOC(=O)N1CCCC(Oc2ccnc(C)n2)C1. The highest BCUT2D eigenvalue weighted by atomic mass is 16.6. The van der Waals surface area contributed by atoms with Crippen molar-refractivity contribution in [1.82, 2.24) is 14.9 Å². The lowest BCUT2D eigenvalue weighted by molar-refractivity contribution is 0.0593. The summed E-state index contributed by atoms with van der Waals surface area (Å²) in [5, 5.41) is 0. The van der Waals surface area contributed by atoms with Crippen LogP contribution in [0.5, 0.6) is 5.88 Å². The molecule has 1 aromatic heterocycles. The third-order valence-electron chi connectivity index (χ3n) is 2.94. The van der Waals surface area contributed by atoms with Gasteiger partial charge in [0.25, 0.3) is 0 Å². The minimum atomic E-state index is -0.269. The van der Waals surface area contributed by atoms with Crippen LogP contribution in [0.3, 0.4) is 0 Å². The third-order valence-corrected chi connectivity index (χ3v) is 2.94. The van der Waals surface area contributed by atoms with Gasteiger partial charge in [-0.2, -0.15) is 4.98 Å². The Kier molecular flexibility index (Phi) is 4.54. The summed E-state index contributed by atoms with van der Waals surface area (Å²) in [5.74, 6) is 1.23. The predicted octanol–water partition coefficient (Wildman–Crippen LogP) is 1.78. The van der Waals surface area contributed by atoms with Crippen molar-refractivity contribution in [3.05, 3.63) is 18.1 Å². The first-order chi connectivity index (χ1) is 9.19. The molecule has 1 fully saturated rings. The van der Waals surface area contributed by atoms with Crippen LogP contribution in [0.4, 0.5) is 4.79 Å². The highest BCUT2D eigenvalue weighted by Crippen LogP contribution is 2.17. The molecule has 1 atom stereocenters. The van der Waals surface area contributed by atoms with Gasteiger partial charge in [0.1, 0.15) is 11.9 Å². The van der Waals surface area contributed by atoms with Gasteiger partial charge in [0, 0.05) is 18.8 Å². The van der Waals surface area contributed by atoms with Gasteiger partial charge < -0.3 is 14.4 Å². The predicted molar refractivity (Wildman–Crippen MR) is 69.0 cm³/mol. The number of aromatic nitrogens is 2. The first-order valence-electron chi connectivity index (χ1n) is 6.57. The number of hydrogen-bond donors (Lipinski definition) is 0. The van der Waals surface area contributed by atoms with E-state index in [1.807, 2.05) is 6.92 Å². The number of likely N-dealkylation sites (tertiary alicyclic amines) is 1. The highest BCUT2D eigenvalue weighted by molar-refractivity contribution is 5.67. The summed E-state index contributed by atoms with van der Waals surface area (Å²) < 4.78 is 10.8. The molecule has 1 saturated heterocycles. The maximum Gasteiger partial charge on any atom is 0.409 e. The van der Waals surface area contributed by atoms with E-state index in [9.17, 15) is 4.79 Å². The van der Waals surface area contributed by atoms with E-state index in [0.717, 1.165) is 19.4 Å². The van der Waals surface area contributed by atoms with Crippen molar-refractivity contribution in [1.29, 1.82) is 0 Å². The smallest absolute Gasteiger partial charge is 0.409 e. The van der Waals surface area contributed by atoms with Gasteiger partial charge in [-0.1, -0.05) is 0 Å². The lowest BCUT2D eigenvalue weighted by Crippen LogP contribution is -2.44. The molecule has 1 aromatic rings. The molecule has 0 spiro atoms. The summed E-state index contributed by atoms with van der Waals surface area (Å²) in [6.07, 6.45) is 3.19. The minimum absolute atomic E-state index is 0.0348. The molecule has 104 valence electrons. The third kappa shape index (κ3) is 3.81. The van der Waals surface area contributed by atoms with Crippen molar-refractivity contribution >= 4 is 6.09 Å². The first-order valence-corrected chi connectivity index (χ1v) is 6.57. The molecule has 0 N–H and O–H groups in total. The standard InChI is InChI=1S/C13H19N3O3/c1-3-18-13(17)16-8-4-5-11(9-16)19-12-6-7-14-10(2)15-12/h6-7,11H,3-5,8-9H2,1-2H3. The molecule has 1 aliphatic heterocycles. The molecule has 1 unspecified atom stereocenters.